The maximum atomic E-state index is 5.67. The van der Waals surface area contributed by atoms with E-state index in [1.807, 2.05) is 30.3 Å². The van der Waals surface area contributed by atoms with Gasteiger partial charge in [-0.2, -0.15) is 0 Å². The lowest BCUT2D eigenvalue weighted by Crippen LogP contribution is -2.16. The van der Waals surface area contributed by atoms with Crippen molar-refractivity contribution < 1.29 is 0 Å². The molecule has 60 valence electrons. The van der Waals surface area contributed by atoms with Gasteiger partial charge >= 0.3 is 0 Å². The summed E-state index contributed by atoms with van der Waals surface area (Å²) in [6.45, 7) is 0. The molecule has 0 fully saturated rings. The largest absolute Gasteiger partial charge is 0.322 e. The van der Waals surface area contributed by atoms with Crippen LogP contribution in [0, 0.1) is 0 Å². The van der Waals surface area contributed by atoms with Crippen LogP contribution in [0.3, 0.4) is 0 Å². The Morgan fingerprint density at radius 3 is 2.09 bits per heavy atom. The smallest absolute Gasteiger partial charge is 0.127 e. The van der Waals surface area contributed by atoms with E-state index in [1.54, 1.807) is 0 Å². The Kier molecular flexibility index (Phi) is 3.18. The van der Waals surface area contributed by atoms with E-state index in [1.165, 1.54) is 0 Å². The van der Waals surface area contributed by atoms with Crippen LogP contribution < -0.4 is 5.73 Å². The Morgan fingerprint density at radius 1 is 1.09 bits per heavy atom. The minimum atomic E-state index is -0.544. The molecule has 1 atom stereocenters. The quantitative estimate of drug-likeness (QED) is 0.712. The summed E-state index contributed by atoms with van der Waals surface area (Å²) in [5, 5.41) is 0. The van der Waals surface area contributed by atoms with Crippen LogP contribution in [0.5, 0.6) is 0 Å². The van der Waals surface area contributed by atoms with Crippen molar-refractivity contribution in [2.45, 2.75) is 10.9 Å². The number of hydrogen-bond donors (Lipinski definition) is 1. The van der Waals surface area contributed by atoms with Crippen molar-refractivity contribution >= 4 is 23.2 Å². The minimum absolute atomic E-state index is 0.292. The first kappa shape index (κ1) is 8.85. The molecule has 0 aliphatic carbocycles. The lowest BCUT2D eigenvalue weighted by atomic mass is 10.1. The van der Waals surface area contributed by atoms with E-state index in [9.17, 15) is 0 Å². The van der Waals surface area contributed by atoms with Crippen molar-refractivity contribution in [1.82, 2.24) is 0 Å². The van der Waals surface area contributed by atoms with Crippen molar-refractivity contribution in [1.29, 1.82) is 0 Å². The van der Waals surface area contributed by atoms with Crippen molar-refractivity contribution in [2.24, 2.45) is 5.73 Å². The molecule has 0 heterocycles. The zero-order chi connectivity index (χ0) is 8.27. The molecule has 0 aliphatic heterocycles. The molecular formula is C8H9Cl2N. The number of hydrogen-bond acceptors (Lipinski definition) is 1. The van der Waals surface area contributed by atoms with Gasteiger partial charge in [0.1, 0.15) is 4.84 Å². The molecule has 2 N–H and O–H groups in total. The number of halogens is 2. The molecule has 1 unspecified atom stereocenters. The van der Waals surface area contributed by atoms with Gasteiger partial charge in [-0.15, -0.1) is 23.2 Å². The van der Waals surface area contributed by atoms with Gasteiger partial charge in [0.05, 0.1) is 6.04 Å². The summed E-state index contributed by atoms with van der Waals surface area (Å²) in [4.78, 5) is -0.544. The lowest BCUT2D eigenvalue weighted by Gasteiger charge is -2.11. The molecular weight excluding hydrogens is 181 g/mol. The fourth-order valence-electron chi connectivity index (χ4n) is 0.821. The Labute approximate surface area is 76.1 Å². The van der Waals surface area contributed by atoms with Crippen LogP contribution in [0.1, 0.15) is 11.6 Å². The van der Waals surface area contributed by atoms with Crippen molar-refractivity contribution in [3.8, 4) is 0 Å². The highest BCUT2D eigenvalue weighted by molar-refractivity contribution is 6.44. The topological polar surface area (TPSA) is 26.0 Å². The average molecular weight is 190 g/mol. The van der Waals surface area contributed by atoms with Crippen LogP contribution in [0.25, 0.3) is 0 Å². The third-order valence-corrected chi connectivity index (χ3v) is 2.00. The predicted molar refractivity (Wildman–Crippen MR) is 48.9 cm³/mol. The SMILES string of the molecule is NC(c1ccccc1)C(Cl)Cl. The summed E-state index contributed by atoms with van der Waals surface area (Å²) in [5.74, 6) is 0. The zero-order valence-electron chi connectivity index (χ0n) is 5.87. The average Bonchev–Trinajstić information content (AvgIpc) is 2.05. The van der Waals surface area contributed by atoms with Gasteiger partial charge in [-0.25, -0.2) is 0 Å². The molecule has 0 amide bonds. The number of nitrogens with two attached hydrogens (primary N) is 1. The maximum absolute atomic E-state index is 5.67. The highest BCUT2D eigenvalue weighted by Gasteiger charge is 2.12. The molecule has 1 aromatic rings. The first-order valence-corrected chi connectivity index (χ1v) is 4.18. The van der Waals surface area contributed by atoms with Gasteiger partial charge < -0.3 is 5.73 Å². The molecule has 11 heavy (non-hydrogen) atoms. The first-order valence-electron chi connectivity index (χ1n) is 3.30. The van der Waals surface area contributed by atoms with E-state index in [4.69, 9.17) is 28.9 Å². The van der Waals surface area contributed by atoms with Crippen LogP contribution in [0.15, 0.2) is 30.3 Å². The van der Waals surface area contributed by atoms with Crippen molar-refractivity contribution in [3.05, 3.63) is 35.9 Å². The fraction of sp³-hybridized carbons (Fsp3) is 0.250. The third kappa shape index (κ3) is 2.37. The number of rotatable bonds is 2. The second-order valence-corrected chi connectivity index (χ2v) is 3.43. The zero-order valence-corrected chi connectivity index (χ0v) is 7.39. The van der Waals surface area contributed by atoms with Gasteiger partial charge in [0, 0.05) is 0 Å². The van der Waals surface area contributed by atoms with E-state index >= 15 is 0 Å². The highest BCUT2D eigenvalue weighted by atomic mass is 35.5. The second kappa shape index (κ2) is 3.96. The molecule has 0 bridgehead atoms. The molecule has 1 nitrogen and oxygen atoms in total. The summed E-state index contributed by atoms with van der Waals surface area (Å²) < 4.78 is 0. The van der Waals surface area contributed by atoms with Crippen LogP contribution in [0.2, 0.25) is 0 Å². The maximum Gasteiger partial charge on any atom is 0.127 e. The molecule has 0 saturated heterocycles. The molecule has 0 radical (unpaired) electrons. The Bertz CT molecular complexity index is 211. The third-order valence-electron chi connectivity index (χ3n) is 1.46. The number of benzene rings is 1. The Hall–Kier alpha value is -0.240. The summed E-state index contributed by atoms with van der Waals surface area (Å²) in [7, 11) is 0. The summed E-state index contributed by atoms with van der Waals surface area (Å²) in [6.07, 6.45) is 0. The first-order chi connectivity index (χ1) is 5.22. The molecule has 1 rings (SSSR count). The molecule has 1 aromatic carbocycles. The summed E-state index contributed by atoms with van der Waals surface area (Å²) in [5.41, 5.74) is 6.63. The van der Waals surface area contributed by atoms with Gasteiger partial charge in [0.2, 0.25) is 0 Å². The van der Waals surface area contributed by atoms with E-state index < -0.39 is 4.84 Å². The van der Waals surface area contributed by atoms with E-state index in [0.29, 0.717) is 0 Å². The molecule has 3 heteroatoms. The van der Waals surface area contributed by atoms with Crippen molar-refractivity contribution in [2.75, 3.05) is 0 Å². The predicted octanol–water partition coefficient (Wildman–Crippen LogP) is 2.49. The Morgan fingerprint density at radius 2 is 1.64 bits per heavy atom. The minimum Gasteiger partial charge on any atom is -0.322 e. The molecule has 0 aromatic heterocycles. The van der Waals surface area contributed by atoms with Crippen LogP contribution in [-0.4, -0.2) is 4.84 Å². The lowest BCUT2D eigenvalue weighted by molar-refractivity contribution is 0.789. The Balaban J connectivity index is 2.77. The highest BCUT2D eigenvalue weighted by Crippen LogP contribution is 2.20. The van der Waals surface area contributed by atoms with Gasteiger partial charge in [0.15, 0.2) is 0 Å². The van der Waals surface area contributed by atoms with Crippen LogP contribution in [-0.2, 0) is 0 Å². The normalized spacial score (nSPS) is 13.5. The van der Waals surface area contributed by atoms with Gasteiger partial charge in [-0.3, -0.25) is 0 Å². The van der Waals surface area contributed by atoms with Gasteiger partial charge in [-0.1, -0.05) is 30.3 Å². The van der Waals surface area contributed by atoms with Crippen LogP contribution >= 0.6 is 23.2 Å². The fourth-order valence-corrected chi connectivity index (χ4v) is 1.11. The molecule has 0 saturated carbocycles. The number of alkyl halides is 2. The van der Waals surface area contributed by atoms with E-state index in [-0.39, 0.29) is 6.04 Å². The van der Waals surface area contributed by atoms with Gasteiger partial charge in [0.25, 0.3) is 0 Å². The van der Waals surface area contributed by atoms with Gasteiger partial charge in [-0.05, 0) is 5.56 Å². The van der Waals surface area contributed by atoms with E-state index in [2.05, 4.69) is 0 Å². The van der Waals surface area contributed by atoms with Crippen molar-refractivity contribution in [3.63, 3.8) is 0 Å². The standard InChI is InChI=1S/C8H9Cl2N/c9-8(10)7(11)6-4-2-1-3-5-6/h1-5,7-8H,11H2. The van der Waals surface area contributed by atoms with Crippen LogP contribution in [0.4, 0.5) is 0 Å². The monoisotopic (exact) mass is 189 g/mol. The summed E-state index contributed by atoms with van der Waals surface area (Å²) >= 11 is 11.2. The molecule has 0 aliphatic rings. The summed E-state index contributed by atoms with van der Waals surface area (Å²) in [6, 6.07) is 9.26. The molecule has 0 spiro atoms. The van der Waals surface area contributed by atoms with E-state index in [0.717, 1.165) is 5.56 Å². The second-order valence-electron chi connectivity index (χ2n) is 2.27.